The molecule has 0 spiro atoms. The first-order chi connectivity index (χ1) is 28.2. The number of nitrogens with zero attached hydrogens (tertiary/aromatic N) is 1. The molecule has 1 aliphatic carbocycles. The monoisotopic (exact) mass is 855 g/mol. The van der Waals surface area contributed by atoms with Crippen molar-refractivity contribution >= 4 is 86.7 Å². The van der Waals surface area contributed by atoms with E-state index in [-0.39, 0.29) is 67.0 Å². The van der Waals surface area contributed by atoms with Crippen LogP contribution in [-0.2, 0) is 14.4 Å². The third-order valence-corrected chi connectivity index (χ3v) is 12.3. The number of amides is 3. The largest absolute Gasteiger partial charge is 0.508 e. The number of aliphatic carboxylic acids is 1. The highest BCUT2D eigenvalue weighted by Crippen LogP contribution is 2.44. The number of hydrogen-bond acceptors (Lipinski definition) is 13. The minimum absolute atomic E-state index is 0.0173. The van der Waals surface area contributed by atoms with Crippen molar-refractivity contribution in [2.24, 2.45) is 0 Å². The minimum atomic E-state index is -1.37. The van der Waals surface area contributed by atoms with Gasteiger partial charge in [-0.25, -0.2) is 14.4 Å². The van der Waals surface area contributed by atoms with Gasteiger partial charge >= 0.3 is 17.6 Å². The van der Waals surface area contributed by atoms with Crippen LogP contribution in [0.5, 0.6) is 11.5 Å². The van der Waals surface area contributed by atoms with Crippen LogP contribution in [0.3, 0.4) is 0 Å². The van der Waals surface area contributed by atoms with Gasteiger partial charge in [-0.15, -0.1) is 23.5 Å². The second-order valence-electron chi connectivity index (χ2n) is 13.3. The molecule has 1 saturated heterocycles. The highest BCUT2D eigenvalue weighted by atomic mass is 35.5. The standard InChI is InChI=1S/C40H26ClN3O13S2/c41-26-8-16-7-25(40(55)57-28(16)12-27(26)47)35(49)42-13-31(48)43-33-36(50)44-34(39(53)54)17(15-59-37(33)44)14-58-20-3-6-21(24(11-20)38(51)52)32-22-4-1-18(45)9-29(22)56-30-10-19(46)2-5-23(30)32/h1-12,33,37,45,47H,13-15H2,(H,42,49)(H,43,48)(H,51,52)(H,53,54). The van der Waals surface area contributed by atoms with E-state index in [2.05, 4.69) is 10.6 Å². The van der Waals surface area contributed by atoms with Crippen LogP contribution in [0.2, 0.25) is 5.02 Å². The van der Waals surface area contributed by atoms with Crippen LogP contribution >= 0.6 is 35.1 Å². The van der Waals surface area contributed by atoms with Crippen molar-refractivity contribution in [2.75, 3.05) is 18.1 Å². The molecule has 3 aliphatic heterocycles. The number of nitrogens with one attached hydrogen (secondary N) is 2. The number of carbonyl (C=O) groups is 5. The predicted molar refractivity (Wildman–Crippen MR) is 215 cm³/mol. The molecule has 8 rings (SSSR count). The fourth-order valence-corrected chi connectivity index (χ4v) is 9.48. The Morgan fingerprint density at radius 3 is 2.41 bits per heavy atom. The SMILES string of the molecule is O=C(CNC(=O)c1cc2cc(Cl)c(O)cc2oc1=O)NC1C(=O)N2C(C(=O)O)=C(CSc3ccc(-c4c5ccc(=O)cc-5oc5cc(O)ccc45)c(C(=O)O)c3)CSC12. The van der Waals surface area contributed by atoms with Crippen LogP contribution in [0.1, 0.15) is 20.7 Å². The second-order valence-corrected chi connectivity index (χ2v) is 15.9. The summed E-state index contributed by atoms with van der Waals surface area (Å²) in [5.41, 5.74) is -0.304. The molecule has 19 heteroatoms. The predicted octanol–water partition coefficient (Wildman–Crippen LogP) is 4.69. The highest BCUT2D eigenvalue weighted by molar-refractivity contribution is 8.01. The van der Waals surface area contributed by atoms with Crippen molar-refractivity contribution < 1.29 is 53.2 Å². The number of benzene rings is 4. The lowest BCUT2D eigenvalue weighted by atomic mass is 9.91. The minimum Gasteiger partial charge on any atom is -0.508 e. The molecule has 4 aromatic rings. The number of rotatable bonds is 10. The summed E-state index contributed by atoms with van der Waals surface area (Å²) in [5.74, 6) is -5.04. The Balaban J connectivity index is 0.966. The van der Waals surface area contributed by atoms with Gasteiger partial charge in [0, 0.05) is 56.5 Å². The van der Waals surface area contributed by atoms with Crippen molar-refractivity contribution in [2.45, 2.75) is 16.3 Å². The van der Waals surface area contributed by atoms with E-state index in [1.165, 1.54) is 60.3 Å². The number of carboxylic acid groups (broad SMARTS) is 2. The van der Waals surface area contributed by atoms with Crippen LogP contribution in [0.15, 0.2) is 107 Å². The van der Waals surface area contributed by atoms with Gasteiger partial charge in [0.1, 0.15) is 51.1 Å². The van der Waals surface area contributed by atoms with E-state index in [9.17, 15) is 54.0 Å². The topological polar surface area (TPSA) is 254 Å². The normalized spacial score (nSPS) is 16.2. The summed E-state index contributed by atoms with van der Waals surface area (Å²) >= 11 is 8.28. The summed E-state index contributed by atoms with van der Waals surface area (Å²) in [5, 5.41) is 45.1. The fourth-order valence-electron chi connectivity index (χ4n) is 6.89. The van der Waals surface area contributed by atoms with E-state index >= 15 is 0 Å². The second kappa shape index (κ2) is 15.2. The van der Waals surface area contributed by atoms with E-state index in [0.29, 0.717) is 32.5 Å². The Labute approximate surface area is 343 Å². The number of hydrogen-bond donors (Lipinski definition) is 6. The Morgan fingerprint density at radius 2 is 1.64 bits per heavy atom. The van der Waals surface area contributed by atoms with Crippen LogP contribution in [0.25, 0.3) is 44.4 Å². The molecule has 4 aliphatic rings. The summed E-state index contributed by atoms with van der Waals surface area (Å²) < 4.78 is 11.0. The van der Waals surface area contributed by atoms with Crippen molar-refractivity contribution in [1.29, 1.82) is 0 Å². The van der Waals surface area contributed by atoms with E-state index in [1.54, 1.807) is 18.2 Å². The Bertz CT molecular complexity index is 2960. The number of carboxylic acids is 2. The molecule has 2 unspecified atom stereocenters. The zero-order valence-electron chi connectivity index (χ0n) is 29.8. The number of halogens is 1. The maximum atomic E-state index is 13.3. The molecule has 0 bridgehead atoms. The number of fused-ring (bicyclic) bond motifs is 4. The first-order valence-corrected chi connectivity index (χ1v) is 19.7. The van der Waals surface area contributed by atoms with E-state index in [1.807, 2.05) is 0 Å². The number of thioether (sulfide) groups is 2. The molecule has 298 valence electrons. The Morgan fingerprint density at radius 1 is 0.864 bits per heavy atom. The van der Waals surface area contributed by atoms with Crippen molar-refractivity contribution in [1.82, 2.24) is 15.5 Å². The van der Waals surface area contributed by atoms with Crippen molar-refractivity contribution in [3.8, 4) is 33.9 Å². The van der Waals surface area contributed by atoms with Crippen LogP contribution in [-0.4, -0.2) is 84.5 Å². The molecule has 3 aromatic carbocycles. The molecule has 16 nitrogen and oxygen atoms in total. The van der Waals surface area contributed by atoms with E-state index in [0.717, 1.165) is 22.7 Å². The van der Waals surface area contributed by atoms with Gasteiger partial charge in [-0.1, -0.05) is 17.7 Å². The van der Waals surface area contributed by atoms with Crippen LogP contribution in [0.4, 0.5) is 0 Å². The molecule has 1 aromatic heterocycles. The number of carbonyl (C=O) groups excluding carboxylic acids is 3. The molecule has 6 N–H and O–H groups in total. The number of phenols is 2. The summed E-state index contributed by atoms with van der Waals surface area (Å²) in [6, 6.07) is 15.7. The molecule has 0 radical (unpaired) electrons. The van der Waals surface area contributed by atoms with Gasteiger partial charge in [-0.05, 0) is 59.7 Å². The number of phenolic OH excluding ortho intramolecular Hbond substituents is 2. The van der Waals surface area contributed by atoms with Gasteiger partial charge in [0.25, 0.3) is 11.8 Å². The van der Waals surface area contributed by atoms with Gasteiger partial charge in [-0.2, -0.15) is 0 Å². The molecule has 0 saturated carbocycles. The average Bonchev–Trinajstić information content (AvgIpc) is 3.20. The third-order valence-electron chi connectivity index (χ3n) is 9.60. The van der Waals surface area contributed by atoms with Gasteiger partial charge in [0.05, 0.1) is 17.1 Å². The van der Waals surface area contributed by atoms with Gasteiger partial charge in [0.2, 0.25) is 5.91 Å². The zero-order chi connectivity index (χ0) is 41.9. The Hall–Kier alpha value is -6.76. The van der Waals surface area contributed by atoms with E-state index in [4.69, 9.17) is 20.4 Å². The van der Waals surface area contributed by atoms with Gasteiger partial charge in [-0.3, -0.25) is 24.1 Å². The first-order valence-electron chi connectivity index (χ1n) is 17.3. The number of aromatic hydroxyl groups is 2. The highest BCUT2D eigenvalue weighted by Gasteiger charge is 2.54. The van der Waals surface area contributed by atoms with Crippen molar-refractivity contribution in [3.05, 3.63) is 121 Å². The molecular weight excluding hydrogens is 830 g/mol. The molecular formula is C40H26ClN3O13S2. The average molecular weight is 856 g/mol. The number of β-lactam (4-membered cyclic amide) rings is 1. The van der Waals surface area contributed by atoms with Crippen LogP contribution in [0, 0.1) is 0 Å². The van der Waals surface area contributed by atoms with E-state index < -0.39 is 58.8 Å². The molecule has 59 heavy (non-hydrogen) atoms. The summed E-state index contributed by atoms with van der Waals surface area (Å²) in [6.07, 6.45) is 0. The molecule has 4 heterocycles. The zero-order valence-corrected chi connectivity index (χ0v) is 32.2. The summed E-state index contributed by atoms with van der Waals surface area (Å²) in [6.45, 7) is -0.634. The molecule has 1 fully saturated rings. The first kappa shape index (κ1) is 39.1. The molecule has 2 atom stereocenters. The lowest BCUT2D eigenvalue weighted by molar-refractivity contribution is -0.150. The summed E-state index contributed by atoms with van der Waals surface area (Å²) in [4.78, 5) is 90.2. The quantitative estimate of drug-likeness (QED) is 0.0473. The maximum absolute atomic E-state index is 13.3. The number of aromatic carboxylic acids is 1. The Kier molecular flexibility index (Phi) is 10.1. The molecule has 3 amide bonds. The van der Waals surface area contributed by atoms with Gasteiger partial charge in [0.15, 0.2) is 5.43 Å². The lowest BCUT2D eigenvalue weighted by Crippen LogP contribution is -2.71. The third kappa shape index (κ3) is 7.21. The van der Waals surface area contributed by atoms with Crippen molar-refractivity contribution in [3.63, 3.8) is 0 Å². The fraction of sp³-hybridized carbons (Fsp3) is 0.125. The maximum Gasteiger partial charge on any atom is 0.352 e. The lowest BCUT2D eigenvalue weighted by Gasteiger charge is -2.49. The van der Waals surface area contributed by atoms with Gasteiger partial charge < -0.3 is 39.9 Å². The summed E-state index contributed by atoms with van der Waals surface area (Å²) in [7, 11) is 0. The smallest absolute Gasteiger partial charge is 0.352 e. The van der Waals surface area contributed by atoms with Crippen LogP contribution < -0.4 is 21.7 Å².